The summed E-state index contributed by atoms with van der Waals surface area (Å²) in [6, 6.07) is 0. The van der Waals surface area contributed by atoms with Gasteiger partial charge in [-0.2, -0.15) is 0 Å². The number of rotatable bonds is 13. The van der Waals surface area contributed by atoms with Crippen LogP contribution in [-0.2, 0) is 0 Å². The maximum atomic E-state index is 8.42. The summed E-state index contributed by atoms with van der Waals surface area (Å²) in [6.45, 7) is 8.53. The zero-order valence-electron chi connectivity index (χ0n) is 13.6. The second-order valence-electron chi connectivity index (χ2n) is 5.34. The van der Waals surface area contributed by atoms with Gasteiger partial charge in [0.1, 0.15) is 0 Å². The van der Waals surface area contributed by atoms with Crippen LogP contribution in [0.2, 0.25) is 0 Å². The van der Waals surface area contributed by atoms with Gasteiger partial charge in [0.05, 0.1) is 0 Å². The largest absolute Gasteiger partial charge is 0.396 e. The van der Waals surface area contributed by atoms with Crippen LogP contribution in [0.4, 0.5) is 0 Å². The van der Waals surface area contributed by atoms with Crippen LogP contribution in [0.15, 0.2) is 12.7 Å². The van der Waals surface area contributed by atoms with Crippen molar-refractivity contribution in [3.8, 4) is 0 Å². The summed E-state index contributed by atoms with van der Waals surface area (Å²) >= 11 is 0. The molecule has 0 aliphatic carbocycles. The third-order valence-electron chi connectivity index (χ3n) is 3.27. The first-order valence-electron chi connectivity index (χ1n) is 8.55. The van der Waals surface area contributed by atoms with E-state index in [0.717, 1.165) is 6.42 Å². The molecule has 0 amide bonds. The Morgan fingerprint density at radius 1 is 0.684 bits per heavy atom. The zero-order valence-corrected chi connectivity index (χ0v) is 13.6. The molecule has 0 bridgehead atoms. The molecule has 0 unspecified atom stereocenters. The Labute approximate surface area is 122 Å². The summed E-state index contributed by atoms with van der Waals surface area (Å²) in [4.78, 5) is 0. The average Bonchev–Trinajstić information content (AvgIpc) is 2.43. The molecule has 0 saturated carbocycles. The monoisotopic (exact) mass is 270 g/mol. The van der Waals surface area contributed by atoms with Gasteiger partial charge >= 0.3 is 0 Å². The van der Waals surface area contributed by atoms with Crippen molar-refractivity contribution in [2.75, 3.05) is 6.61 Å². The Morgan fingerprint density at radius 3 is 1.53 bits per heavy atom. The smallest absolute Gasteiger partial charge is 0.0431 e. The molecule has 0 aromatic heterocycles. The molecule has 116 valence electrons. The van der Waals surface area contributed by atoms with E-state index in [0.29, 0.717) is 6.61 Å². The molecule has 0 spiro atoms. The van der Waals surface area contributed by atoms with Crippen LogP contribution in [0.5, 0.6) is 0 Å². The van der Waals surface area contributed by atoms with Crippen molar-refractivity contribution in [2.45, 2.75) is 97.3 Å². The third-order valence-corrected chi connectivity index (χ3v) is 3.27. The topological polar surface area (TPSA) is 20.2 Å². The normalized spacial score (nSPS) is 9.84. The molecule has 0 saturated heterocycles. The SMILES string of the molecule is C=CCCCCCCCC.CCCCCCCCO. The fourth-order valence-electron chi connectivity index (χ4n) is 1.96. The number of hydrogen-bond donors (Lipinski definition) is 1. The highest BCUT2D eigenvalue weighted by molar-refractivity contribution is 4.65. The highest BCUT2D eigenvalue weighted by Gasteiger charge is 1.87. The third kappa shape index (κ3) is 27.0. The molecule has 1 N–H and O–H groups in total. The number of aliphatic hydroxyl groups is 1. The van der Waals surface area contributed by atoms with Crippen molar-refractivity contribution in [2.24, 2.45) is 0 Å². The lowest BCUT2D eigenvalue weighted by molar-refractivity contribution is 0.282. The van der Waals surface area contributed by atoms with Gasteiger partial charge in [-0.1, -0.05) is 84.1 Å². The molecule has 0 radical (unpaired) electrons. The number of allylic oxidation sites excluding steroid dienone is 1. The van der Waals surface area contributed by atoms with Crippen LogP contribution < -0.4 is 0 Å². The molecule has 0 aliphatic rings. The van der Waals surface area contributed by atoms with Crippen molar-refractivity contribution in [3.05, 3.63) is 12.7 Å². The van der Waals surface area contributed by atoms with Crippen molar-refractivity contribution >= 4 is 0 Å². The van der Waals surface area contributed by atoms with Crippen LogP contribution >= 0.6 is 0 Å². The standard InChI is InChI=1S/C10H20.C8H18O/c1-3-5-7-9-10-8-6-4-2;1-2-3-4-5-6-7-8-9/h3H,1,4-10H2,2H3;9H,2-8H2,1H3. The fourth-order valence-corrected chi connectivity index (χ4v) is 1.96. The lowest BCUT2D eigenvalue weighted by Crippen LogP contribution is -1.82. The average molecular weight is 271 g/mol. The molecule has 19 heavy (non-hydrogen) atoms. The molecule has 0 aromatic rings. The Hall–Kier alpha value is -0.300. The quantitative estimate of drug-likeness (QED) is 0.309. The van der Waals surface area contributed by atoms with E-state index in [2.05, 4.69) is 20.4 Å². The predicted octanol–water partition coefficient (Wildman–Crippen LogP) is 6.26. The van der Waals surface area contributed by atoms with Crippen LogP contribution in [-0.4, -0.2) is 11.7 Å². The van der Waals surface area contributed by atoms with Gasteiger partial charge in [-0.25, -0.2) is 0 Å². The van der Waals surface area contributed by atoms with Gasteiger partial charge in [0.2, 0.25) is 0 Å². The molecular formula is C18H38O. The lowest BCUT2D eigenvalue weighted by atomic mass is 10.1. The predicted molar refractivity (Wildman–Crippen MR) is 88.7 cm³/mol. The van der Waals surface area contributed by atoms with Crippen LogP contribution in [0.1, 0.15) is 97.3 Å². The fraction of sp³-hybridized carbons (Fsp3) is 0.889. The second-order valence-corrected chi connectivity index (χ2v) is 5.34. The van der Waals surface area contributed by atoms with E-state index in [1.165, 1.54) is 77.0 Å². The Kier molecular flexibility index (Phi) is 25.3. The first kappa shape index (κ1) is 21.0. The van der Waals surface area contributed by atoms with Crippen LogP contribution in [0.25, 0.3) is 0 Å². The van der Waals surface area contributed by atoms with E-state index in [9.17, 15) is 0 Å². The van der Waals surface area contributed by atoms with Gasteiger partial charge in [0, 0.05) is 6.61 Å². The van der Waals surface area contributed by atoms with Crippen LogP contribution in [0.3, 0.4) is 0 Å². The summed E-state index contributed by atoms with van der Waals surface area (Å²) < 4.78 is 0. The number of hydrogen-bond acceptors (Lipinski definition) is 1. The van der Waals surface area contributed by atoms with E-state index in [4.69, 9.17) is 5.11 Å². The van der Waals surface area contributed by atoms with Crippen molar-refractivity contribution in [1.29, 1.82) is 0 Å². The highest BCUT2D eigenvalue weighted by Crippen LogP contribution is 2.06. The van der Waals surface area contributed by atoms with Gasteiger partial charge < -0.3 is 5.11 Å². The minimum absolute atomic E-state index is 0.367. The number of unbranched alkanes of at least 4 members (excludes halogenated alkanes) is 11. The Bertz CT molecular complexity index is 137. The molecule has 0 fully saturated rings. The Balaban J connectivity index is 0. The van der Waals surface area contributed by atoms with Gasteiger partial charge in [-0.3, -0.25) is 0 Å². The van der Waals surface area contributed by atoms with Gasteiger partial charge in [0.25, 0.3) is 0 Å². The van der Waals surface area contributed by atoms with Gasteiger partial charge in [0.15, 0.2) is 0 Å². The van der Waals surface area contributed by atoms with E-state index in [-0.39, 0.29) is 0 Å². The summed E-state index contributed by atoms with van der Waals surface area (Å²) in [6.07, 6.45) is 19.0. The molecule has 0 rings (SSSR count). The summed E-state index contributed by atoms with van der Waals surface area (Å²) in [5, 5.41) is 8.42. The molecule has 0 aliphatic heterocycles. The zero-order chi connectivity index (χ0) is 14.6. The van der Waals surface area contributed by atoms with Gasteiger partial charge in [-0.05, 0) is 19.3 Å². The number of aliphatic hydroxyl groups excluding tert-OH is 1. The summed E-state index contributed by atoms with van der Waals surface area (Å²) in [5.74, 6) is 0. The highest BCUT2D eigenvalue weighted by atomic mass is 16.2. The van der Waals surface area contributed by atoms with Crippen molar-refractivity contribution < 1.29 is 5.11 Å². The second kappa shape index (κ2) is 22.8. The van der Waals surface area contributed by atoms with Crippen LogP contribution in [0, 0.1) is 0 Å². The minimum atomic E-state index is 0.367. The summed E-state index contributed by atoms with van der Waals surface area (Å²) in [5.41, 5.74) is 0. The summed E-state index contributed by atoms with van der Waals surface area (Å²) in [7, 11) is 0. The maximum absolute atomic E-state index is 8.42. The Morgan fingerprint density at radius 2 is 1.11 bits per heavy atom. The molecule has 1 nitrogen and oxygen atoms in total. The van der Waals surface area contributed by atoms with E-state index < -0.39 is 0 Å². The molecule has 0 aromatic carbocycles. The van der Waals surface area contributed by atoms with E-state index in [1.54, 1.807) is 0 Å². The first-order valence-corrected chi connectivity index (χ1v) is 8.55. The van der Waals surface area contributed by atoms with E-state index in [1.807, 2.05) is 6.08 Å². The molecular weight excluding hydrogens is 232 g/mol. The molecule has 0 atom stereocenters. The minimum Gasteiger partial charge on any atom is -0.396 e. The van der Waals surface area contributed by atoms with Crippen molar-refractivity contribution in [3.63, 3.8) is 0 Å². The van der Waals surface area contributed by atoms with E-state index >= 15 is 0 Å². The maximum Gasteiger partial charge on any atom is 0.0431 e. The first-order chi connectivity index (χ1) is 9.33. The van der Waals surface area contributed by atoms with Crippen molar-refractivity contribution in [1.82, 2.24) is 0 Å². The van der Waals surface area contributed by atoms with Gasteiger partial charge in [-0.15, -0.1) is 6.58 Å². The molecule has 1 heteroatoms. The lowest BCUT2D eigenvalue weighted by Gasteiger charge is -1.96. The molecule has 0 heterocycles.